The molecule has 20 heavy (non-hydrogen) atoms. The number of rotatable bonds is 2. The van der Waals surface area contributed by atoms with Gasteiger partial charge in [-0.25, -0.2) is 0 Å². The third kappa shape index (κ3) is 3.57. The van der Waals surface area contributed by atoms with Crippen molar-refractivity contribution in [1.82, 2.24) is 10.6 Å². The van der Waals surface area contributed by atoms with Crippen LogP contribution in [0.4, 0.5) is 0 Å². The van der Waals surface area contributed by atoms with Gasteiger partial charge in [-0.2, -0.15) is 0 Å². The highest BCUT2D eigenvalue weighted by Gasteiger charge is 2.37. The number of hydrogen-bond donors (Lipinski definition) is 2. The van der Waals surface area contributed by atoms with Crippen LogP contribution in [0.2, 0.25) is 0 Å². The van der Waals surface area contributed by atoms with Gasteiger partial charge in [-0.05, 0) is 26.3 Å². The van der Waals surface area contributed by atoms with Gasteiger partial charge in [0.25, 0.3) is 0 Å². The number of carbonyl (C=O) groups excluding carboxylic acids is 2. The molecule has 1 amide bonds. The van der Waals surface area contributed by atoms with Gasteiger partial charge in [0.2, 0.25) is 5.91 Å². The fourth-order valence-corrected chi connectivity index (χ4v) is 2.15. The van der Waals surface area contributed by atoms with Gasteiger partial charge in [0.1, 0.15) is 11.6 Å². The molecule has 5 heteroatoms. The number of benzene rings is 1. The van der Waals surface area contributed by atoms with Crippen molar-refractivity contribution in [3.05, 3.63) is 35.9 Å². The van der Waals surface area contributed by atoms with Crippen LogP contribution < -0.4 is 10.6 Å². The van der Waals surface area contributed by atoms with Crippen molar-refractivity contribution in [2.75, 3.05) is 6.54 Å². The fraction of sp³-hybridized carbons (Fsp3) is 0.467. The van der Waals surface area contributed by atoms with Gasteiger partial charge >= 0.3 is 5.97 Å². The fourth-order valence-electron chi connectivity index (χ4n) is 2.15. The van der Waals surface area contributed by atoms with Crippen LogP contribution in [-0.4, -0.2) is 30.1 Å². The first-order valence-corrected chi connectivity index (χ1v) is 6.67. The van der Waals surface area contributed by atoms with E-state index < -0.39 is 17.7 Å². The lowest BCUT2D eigenvalue weighted by atomic mass is 9.97. The molecule has 1 fully saturated rings. The van der Waals surface area contributed by atoms with Crippen molar-refractivity contribution in [3.63, 3.8) is 0 Å². The molecule has 0 aromatic heterocycles. The van der Waals surface area contributed by atoms with E-state index in [0.29, 0.717) is 0 Å². The number of amides is 1. The molecule has 1 aliphatic rings. The zero-order valence-corrected chi connectivity index (χ0v) is 12.0. The van der Waals surface area contributed by atoms with E-state index in [0.717, 1.165) is 5.56 Å². The minimum Gasteiger partial charge on any atom is -0.459 e. The molecule has 0 saturated carbocycles. The maximum absolute atomic E-state index is 12.3. The van der Waals surface area contributed by atoms with Gasteiger partial charge < -0.3 is 10.1 Å². The van der Waals surface area contributed by atoms with Crippen molar-refractivity contribution >= 4 is 11.9 Å². The number of nitrogens with one attached hydrogen (secondary N) is 2. The topological polar surface area (TPSA) is 67.4 Å². The van der Waals surface area contributed by atoms with Crippen LogP contribution in [0, 0.1) is 0 Å². The zero-order valence-electron chi connectivity index (χ0n) is 12.0. The molecule has 2 rings (SSSR count). The molecule has 1 heterocycles. The smallest absolute Gasteiger partial charge is 0.326 e. The molecular weight excluding hydrogens is 256 g/mol. The maximum Gasteiger partial charge on any atom is 0.326 e. The van der Waals surface area contributed by atoms with E-state index in [2.05, 4.69) is 10.6 Å². The summed E-state index contributed by atoms with van der Waals surface area (Å²) in [5.41, 5.74) is 0.325. The van der Waals surface area contributed by atoms with Gasteiger partial charge in [-0.15, -0.1) is 0 Å². The van der Waals surface area contributed by atoms with Gasteiger partial charge in [-0.3, -0.25) is 14.9 Å². The second-order valence-electron chi connectivity index (χ2n) is 5.85. The Bertz CT molecular complexity index is 494. The van der Waals surface area contributed by atoms with Crippen molar-refractivity contribution in [3.8, 4) is 0 Å². The van der Waals surface area contributed by atoms with Crippen LogP contribution in [0.1, 0.15) is 32.4 Å². The summed E-state index contributed by atoms with van der Waals surface area (Å²) in [6.45, 7) is 5.59. The molecule has 2 atom stereocenters. The monoisotopic (exact) mass is 276 g/mol. The summed E-state index contributed by atoms with van der Waals surface area (Å²) in [5, 5.41) is 5.80. The van der Waals surface area contributed by atoms with E-state index in [9.17, 15) is 9.59 Å². The lowest BCUT2D eigenvalue weighted by molar-refractivity contribution is -0.159. The van der Waals surface area contributed by atoms with Gasteiger partial charge in [0.05, 0.1) is 12.6 Å². The normalized spacial score (nSPS) is 23.1. The summed E-state index contributed by atoms with van der Waals surface area (Å²) in [6.07, 6.45) is 0. The number of ether oxygens (including phenoxy) is 1. The van der Waals surface area contributed by atoms with Gasteiger partial charge in [0.15, 0.2) is 0 Å². The SMILES string of the molecule is CC(C)(C)OC(=O)[C@@H]1NCC(=O)N[C@H]1c1ccccc1. The predicted octanol–water partition coefficient (Wildman–Crippen LogP) is 1.16. The molecule has 0 spiro atoms. The summed E-state index contributed by atoms with van der Waals surface area (Å²) < 4.78 is 5.41. The lowest BCUT2D eigenvalue weighted by Gasteiger charge is -2.33. The standard InChI is InChI=1S/C15H20N2O3/c1-15(2,3)20-14(19)13-12(17-11(18)9-16-13)10-7-5-4-6-8-10/h4-8,12-13,16H,9H2,1-3H3,(H,17,18)/t12-,13+/m0/s1. The highest BCUT2D eigenvalue weighted by Crippen LogP contribution is 2.21. The van der Waals surface area contributed by atoms with E-state index in [4.69, 9.17) is 4.74 Å². The molecule has 0 aliphatic carbocycles. The maximum atomic E-state index is 12.3. The second-order valence-corrected chi connectivity index (χ2v) is 5.85. The molecule has 0 radical (unpaired) electrons. The quantitative estimate of drug-likeness (QED) is 0.795. The second kappa shape index (κ2) is 5.63. The molecule has 0 bridgehead atoms. The molecular formula is C15H20N2O3. The molecule has 1 aromatic rings. The molecule has 108 valence electrons. The van der Waals surface area contributed by atoms with E-state index in [-0.39, 0.29) is 18.4 Å². The number of hydrogen-bond acceptors (Lipinski definition) is 4. The third-order valence-corrected chi connectivity index (χ3v) is 2.95. The summed E-state index contributed by atoms with van der Waals surface area (Å²) in [7, 11) is 0. The third-order valence-electron chi connectivity index (χ3n) is 2.95. The average Bonchev–Trinajstić information content (AvgIpc) is 2.37. The summed E-state index contributed by atoms with van der Waals surface area (Å²) in [5.74, 6) is -0.481. The molecule has 1 aliphatic heterocycles. The van der Waals surface area contributed by atoms with Crippen LogP contribution in [0.3, 0.4) is 0 Å². The predicted molar refractivity (Wildman–Crippen MR) is 75.0 cm³/mol. The van der Waals surface area contributed by atoms with Gasteiger partial charge in [0, 0.05) is 0 Å². The summed E-state index contributed by atoms with van der Waals surface area (Å²) >= 11 is 0. The first-order chi connectivity index (χ1) is 9.37. The Morgan fingerprint density at radius 3 is 2.50 bits per heavy atom. The number of carbonyl (C=O) groups is 2. The van der Waals surface area contributed by atoms with E-state index in [1.807, 2.05) is 51.1 Å². The highest BCUT2D eigenvalue weighted by atomic mass is 16.6. The summed E-state index contributed by atoms with van der Waals surface area (Å²) in [4.78, 5) is 23.8. The van der Waals surface area contributed by atoms with Crippen LogP contribution in [-0.2, 0) is 14.3 Å². The van der Waals surface area contributed by atoms with Crippen molar-refractivity contribution < 1.29 is 14.3 Å². The van der Waals surface area contributed by atoms with E-state index in [1.165, 1.54) is 0 Å². The average molecular weight is 276 g/mol. The van der Waals surface area contributed by atoms with Crippen LogP contribution in [0.15, 0.2) is 30.3 Å². The Morgan fingerprint density at radius 1 is 1.25 bits per heavy atom. The zero-order chi connectivity index (χ0) is 14.8. The minimum atomic E-state index is -0.575. The number of esters is 1. The lowest BCUT2D eigenvalue weighted by Crippen LogP contribution is -2.58. The highest BCUT2D eigenvalue weighted by molar-refractivity contribution is 5.85. The Labute approximate surface area is 118 Å². The molecule has 1 aromatic carbocycles. The van der Waals surface area contributed by atoms with Crippen molar-refractivity contribution in [1.29, 1.82) is 0 Å². The Kier molecular flexibility index (Phi) is 4.09. The van der Waals surface area contributed by atoms with E-state index >= 15 is 0 Å². The minimum absolute atomic E-state index is 0.118. The van der Waals surface area contributed by atoms with Crippen LogP contribution in [0.5, 0.6) is 0 Å². The van der Waals surface area contributed by atoms with E-state index in [1.54, 1.807) is 0 Å². The van der Waals surface area contributed by atoms with Crippen LogP contribution >= 0.6 is 0 Å². The molecule has 5 nitrogen and oxygen atoms in total. The van der Waals surface area contributed by atoms with Crippen LogP contribution in [0.25, 0.3) is 0 Å². The first kappa shape index (κ1) is 14.5. The molecule has 1 saturated heterocycles. The van der Waals surface area contributed by atoms with Crippen molar-refractivity contribution in [2.45, 2.75) is 38.5 Å². The van der Waals surface area contributed by atoms with Crippen molar-refractivity contribution in [2.24, 2.45) is 0 Å². The largest absolute Gasteiger partial charge is 0.459 e. The number of piperazine rings is 1. The first-order valence-electron chi connectivity index (χ1n) is 6.67. The molecule has 2 N–H and O–H groups in total. The summed E-state index contributed by atoms with van der Waals surface area (Å²) in [6, 6.07) is 8.43. The van der Waals surface area contributed by atoms with Gasteiger partial charge in [-0.1, -0.05) is 30.3 Å². The Hall–Kier alpha value is -1.88. The Morgan fingerprint density at radius 2 is 1.90 bits per heavy atom. The Balaban J connectivity index is 2.21. The molecule has 0 unspecified atom stereocenters.